The molecule has 0 aliphatic heterocycles. The number of rotatable bonds is 2. The van der Waals surface area contributed by atoms with Crippen molar-refractivity contribution in [2.24, 2.45) is 5.90 Å². The molecule has 0 radical (unpaired) electrons. The van der Waals surface area contributed by atoms with Crippen LogP contribution in [0.5, 0.6) is 0 Å². The van der Waals surface area contributed by atoms with Gasteiger partial charge in [0.15, 0.2) is 0 Å². The minimum atomic E-state index is 0.379. The predicted octanol–water partition coefficient (Wildman–Crippen LogP) is 1.55. The van der Waals surface area contributed by atoms with Crippen molar-refractivity contribution in [2.45, 2.75) is 6.61 Å². The summed E-state index contributed by atoms with van der Waals surface area (Å²) in [5, 5.41) is 8.57. The Kier molecular flexibility index (Phi) is 3.47. The van der Waals surface area contributed by atoms with Gasteiger partial charge in [0.25, 0.3) is 0 Å². The van der Waals surface area contributed by atoms with Gasteiger partial charge in [0.05, 0.1) is 18.2 Å². The van der Waals surface area contributed by atoms with Crippen LogP contribution in [0.4, 0.5) is 0 Å². The first kappa shape index (κ1) is 9.45. The maximum absolute atomic E-state index is 8.57. The molecule has 0 spiro atoms. The zero-order chi connectivity index (χ0) is 8.97. The van der Waals surface area contributed by atoms with Gasteiger partial charge in [-0.1, -0.05) is 6.07 Å². The van der Waals surface area contributed by atoms with Crippen molar-refractivity contribution in [2.75, 3.05) is 0 Å². The van der Waals surface area contributed by atoms with E-state index in [1.165, 1.54) is 0 Å². The summed E-state index contributed by atoms with van der Waals surface area (Å²) in [7, 11) is 0. The van der Waals surface area contributed by atoms with Gasteiger partial charge in [0.2, 0.25) is 0 Å². The van der Waals surface area contributed by atoms with E-state index >= 15 is 0 Å². The van der Waals surface area contributed by atoms with E-state index in [0.29, 0.717) is 12.2 Å². The Labute approximate surface area is 84.2 Å². The van der Waals surface area contributed by atoms with E-state index in [0.717, 1.165) is 9.13 Å². The van der Waals surface area contributed by atoms with Crippen LogP contribution < -0.4 is 5.90 Å². The molecule has 12 heavy (non-hydrogen) atoms. The third-order valence-corrected chi connectivity index (χ3v) is 2.43. The summed E-state index contributed by atoms with van der Waals surface area (Å²) < 4.78 is 0.997. The fourth-order valence-corrected chi connectivity index (χ4v) is 1.49. The molecule has 1 aromatic rings. The third kappa shape index (κ3) is 2.17. The maximum atomic E-state index is 8.57. The second-order valence-electron chi connectivity index (χ2n) is 2.23. The topological polar surface area (TPSA) is 59.0 Å². The molecule has 0 unspecified atom stereocenters. The number of benzene rings is 1. The third-order valence-electron chi connectivity index (χ3n) is 1.42. The highest BCUT2D eigenvalue weighted by Crippen LogP contribution is 2.14. The fraction of sp³-hybridized carbons (Fsp3) is 0.125. The Morgan fingerprint density at radius 1 is 1.58 bits per heavy atom. The summed E-state index contributed by atoms with van der Waals surface area (Å²) in [6.07, 6.45) is 0. The van der Waals surface area contributed by atoms with E-state index in [2.05, 4.69) is 33.5 Å². The van der Waals surface area contributed by atoms with Crippen LogP contribution in [-0.4, -0.2) is 0 Å². The largest absolute Gasteiger partial charge is 0.300 e. The van der Waals surface area contributed by atoms with Crippen molar-refractivity contribution in [1.82, 2.24) is 0 Å². The molecule has 62 valence electrons. The summed E-state index contributed by atoms with van der Waals surface area (Å²) in [6.45, 7) is 0.379. The minimum Gasteiger partial charge on any atom is -0.300 e. The highest BCUT2D eigenvalue weighted by Gasteiger charge is 1.99. The fourth-order valence-electron chi connectivity index (χ4n) is 0.824. The molecule has 4 heteroatoms. The second kappa shape index (κ2) is 4.40. The van der Waals surface area contributed by atoms with Gasteiger partial charge in [-0.25, -0.2) is 5.90 Å². The van der Waals surface area contributed by atoms with Crippen molar-refractivity contribution in [3.63, 3.8) is 0 Å². The Hall–Kier alpha value is -0.640. The molecule has 2 N–H and O–H groups in total. The molecule has 0 heterocycles. The smallest absolute Gasteiger partial charge is 0.0991 e. The lowest BCUT2D eigenvalue weighted by Crippen LogP contribution is -2.00. The van der Waals surface area contributed by atoms with Crippen LogP contribution in [0.25, 0.3) is 0 Å². The van der Waals surface area contributed by atoms with Crippen molar-refractivity contribution in [1.29, 1.82) is 5.26 Å². The molecular formula is C8H7IN2O. The first-order valence-electron chi connectivity index (χ1n) is 3.28. The summed E-state index contributed by atoms with van der Waals surface area (Å²) in [5.74, 6) is 4.93. The first-order chi connectivity index (χ1) is 5.77. The van der Waals surface area contributed by atoms with Gasteiger partial charge >= 0.3 is 0 Å². The molecule has 0 saturated carbocycles. The molecule has 0 aliphatic carbocycles. The molecule has 0 aromatic heterocycles. The van der Waals surface area contributed by atoms with Gasteiger partial charge < -0.3 is 0 Å². The van der Waals surface area contributed by atoms with E-state index in [4.69, 9.17) is 11.2 Å². The van der Waals surface area contributed by atoms with Crippen LogP contribution in [-0.2, 0) is 11.4 Å². The predicted molar refractivity (Wildman–Crippen MR) is 52.9 cm³/mol. The van der Waals surface area contributed by atoms with Gasteiger partial charge in [0, 0.05) is 3.57 Å². The van der Waals surface area contributed by atoms with E-state index in [9.17, 15) is 0 Å². The zero-order valence-corrected chi connectivity index (χ0v) is 8.41. The minimum absolute atomic E-state index is 0.379. The molecule has 0 atom stereocenters. The van der Waals surface area contributed by atoms with Crippen molar-refractivity contribution < 1.29 is 4.84 Å². The molecule has 0 aliphatic rings. The van der Waals surface area contributed by atoms with E-state index in [1.807, 2.05) is 6.07 Å². The Morgan fingerprint density at radius 3 is 2.83 bits per heavy atom. The number of halogens is 1. The van der Waals surface area contributed by atoms with Crippen molar-refractivity contribution in [3.8, 4) is 6.07 Å². The summed E-state index contributed by atoms with van der Waals surface area (Å²) >= 11 is 2.15. The SMILES string of the molecule is N#Cc1ccc(CON)c(I)c1. The molecule has 0 bridgehead atoms. The lowest BCUT2D eigenvalue weighted by Gasteiger charge is -2.01. The Balaban J connectivity index is 2.97. The molecule has 0 fully saturated rings. The Morgan fingerprint density at radius 2 is 2.33 bits per heavy atom. The second-order valence-corrected chi connectivity index (χ2v) is 3.39. The molecular weight excluding hydrogens is 267 g/mol. The van der Waals surface area contributed by atoms with Crippen molar-refractivity contribution in [3.05, 3.63) is 32.9 Å². The van der Waals surface area contributed by atoms with Gasteiger partial charge in [0.1, 0.15) is 0 Å². The normalized spacial score (nSPS) is 9.42. The highest BCUT2D eigenvalue weighted by molar-refractivity contribution is 14.1. The quantitative estimate of drug-likeness (QED) is 0.657. The molecule has 0 saturated heterocycles. The van der Waals surface area contributed by atoms with E-state index in [1.54, 1.807) is 12.1 Å². The maximum Gasteiger partial charge on any atom is 0.0991 e. The lowest BCUT2D eigenvalue weighted by molar-refractivity contribution is 0.123. The molecule has 0 amide bonds. The summed E-state index contributed by atoms with van der Waals surface area (Å²) in [6, 6.07) is 7.45. The van der Waals surface area contributed by atoms with Crippen LogP contribution in [0.1, 0.15) is 11.1 Å². The molecule has 1 rings (SSSR count). The van der Waals surface area contributed by atoms with Crippen LogP contribution >= 0.6 is 22.6 Å². The number of nitrogens with two attached hydrogens (primary N) is 1. The lowest BCUT2D eigenvalue weighted by atomic mass is 10.2. The molecule has 3 nitrogen and oxygen atoms in total. The molecule has 1 aromatic carbocycles. The van der Waals surface area contributed by atoms with Crippen LogP contribution in [0.2, 0.25) is 0 Å². The van der Waals surface area contributed by atoms with E-state index in [-0.39, 0.29) is 0 Å². The monoisotopic (exact) mass is 274 g/mol. The van der Waals surface area contributed by atoms with Crippen molar-refractivity contribution >= 4 is 22.6 Å². The summed E-state index contributed by atoms with van der Waals surface area (Å²) in [4.78, 5) is 4.49. The van der Waals surface area contributed by atoms with Gasteiger partial charge in [-0.15, -0.1) is 0 Å². The van der Waals surface area contributed by atoms with Crippen LogP contribution in [0.15, 0.2) is 18.2 Å². The van der Waals surface area contributed by atoms with E-state index < -0.39 is 0 Å². The van der Waals surface area contributed by atoms with Gasteiger partial charge in [-0.05, 0) is 40.3 Å². The van der Waals surface area contributed by atoms with Gasteiger partial charge in [-0.3, -0.25) is 4.84 Å². The highest BCUT2D eigenvalue weighted by atomic mass is 127. The first-order valence-corrected chi connectivity index (χ1v) is 4.36. The Bertz CT molecular complexity index is 319. The average Bonchev–Trinajstić information content (AvgIpc) is 2.09. The average molecular weight is 274 g/mol. The number of nitrogens with zero attached hydrogens (tertiary/aromatic N) is 1. The van der Waals surface area contributed by atoms with Crippen LogP contribution in [0.3, 0.4) is 0 Å². The van der Waals surface area contributed by atoms with Gasteiger partial charge in [-0.2, -0.15) is 5.26 Å². The van der Waals surface area contributed by atoms with Crippen LogP contribution in [0, 0.1) is 14.9 Å². The summed E-state index contributed by atoms with van der Waals surface area (Å²) in [5.41, 5.74) is 1.65. The number of nitriles is 1. The number of hydrogen-bond acceptors (Lipinski definition) is 3. The number of hydrogen-bond donors (Lipinski definition) is 1. The zero-order valence-electron chi connectivity index (χ0n) is 6.25. The standard InChI is InChI=1S/C8H7IN2O/c9-8-3-6(4-10)1-2-7(8)5-12-11/h1-3H,5,11H2.